The molecular weight excluding hydrogens is 461 g/mol. The van der Waals surface area contributed by atoms with Crippen molar-refractivity contribution in [1.82, 2.24) is 20.0 Å². The molecule has 2 aliphatic rings. The average Bonchev–Trinajstić information content (AvgIpc) is 2.68. The molecule has 0 unspecified atom stereocenters. The van der Waals surface area contributed by atoms with E-state index in [-0.39, 0.29) is 48.3 Å². The zero-order valence-corrected chi connectivity index (χ0v) is 18.7. The summed E-state index contributed by atoms with van der Waals surface area (Å²) in [5.41, 5.74) is 0. The number of carbonyl (C=O) groups is 2. The molecule has 0 aromatic carbocycles. The number of guanidine groups is 1. The van der Waals surface area contributed by atoms with E-state index in [2.05, 4.69) is 21.8 Å². The molecule has 0 radical (unpaired) electrons. The number of halogens is 1. The third kappa shape index (κ3) is 7.28. The van der Waals surface area contributed by atoms with Crippen molar-refractivity contribution < 1.29 is 14.3 Å². The molecule has 2 saturated heterocycles. The van der Waals surface area contributed by atoms with E-state index in [1.165, 1.54) is 4.90 Å². The Balaban J connectivity index is 0.00000364. The van der Waals surface area contributed by atoms with Gasteiger partial charge in [0.25, 0.3) is 0 Å². The number of hydrogen-bond donors (Lipinski definition) is 1. The fourth-order valence-corrected chi connectivity index (χ4v) is 3.10. The van der Waals surface area contributed by atoms with Crippen LogP contribution in [0.2, 0.25) is 0 Å². The van der Waals surface area contributed by atoms with E-state index in [0.29, 0.717) is 38.8 Å². The lowest BCUT2D eigenvalue weighted by atomic mass is 9.95. The molecule has 1 N–H and O–H groups in total. The van der Waals surface area contributed by atoms with Crippen LogP contribution < -0.4 is 5.32 Å². The van der Waals surface area contributed by atoms with Crippen LogP contribution in [-0.4, -0.2) is 99.1 Å². The van der Waals surface area contributed by atoms with Gasteiger partial charge in [-0.15, -0.1) is 30.6 Å². The normalized spacial score (nSPS) is 18.5. The minimum absolute atomic E-state index is 0. The van der Waals surface area contributed by atoms with Gasteiger partial charge in [0.1, 0.15) is 6.54 Å². The minimum atomic E-state index is -0.0414. The van der Waals surface area contributed by atoms with Gasteiger partial charge in [-0.1, -0.05) is 6.08 Å². The van der Waals surface area contributed by atoms with Crippen molar-refractivity contribution in [3.05, 3.63) is 12.7 Å². The largest absolute Gasteiger partial charge is 0.378 e. The van der Waals surface area contributed by atoms with Gasteiger partial charge >= 0.3 is 0 Å². The topological polar surface area (TPSA) is 77.5 Å². The van der Waals surface area contributed by atoms with Crippen LogP contribution in [0.3, 0.4) is 0 Å². The molecule has 0 saturated carbocycles. The van der Waals surface area contributed by atoms with E-state index >= 15 is 0 Å². The molecule has 0 spiro atoms. The maximum absolute atomic E-state index is 12.6. The molecule has 2 aliphatic heterocycles. The molecule has 2 rings (SSSR count). The van der Waals surface area contributed by atoms with Gasteiger partial charge in [0.15, 0.2) is 5.96 Å². The van der Waals surface area contributed by atoms with Gasteiger partial charge in [0.05, 0.1) is 13.2 Å². The highest BCUT2D eigenvalue weighted by molar-refractivity contribution is 14.0. The monoisotopic (exact) mass is 493 g/mol. The number of nitrogens with zero attached hydrogens (tertiary/aromatic N) is 4. The summed E-state index contributed by atoms with van der Waals surface area (Å²) in [6, 6.07) is 0. The van der Waals surface area contributed by atoms with Crippen molar-refractivity contribution in [2.24, 2.45) is 10.9 Å². The van der Waals surface area contributed by atoms with E-state index in [4.69, 9.17) is 4.74 Å². The zero-order chi connectivity index (χ0) is 18.9. The summed E-state index contributed by atoms with van der Waals surface area (Å²) in [6.45, 7) is 8.56. The van der Waals surface area contributed by atoms with Gasteiger partial charge in [-0.3, -0.25) is 9.59 Å². The second kappa shape index (κ2) is 12.2. The molecule has 2 amide bonds. The lowest BCUT2D eigenvalue weighted by Crippen LogP contribution is -2.50. The first-order valence-corrected chi connectivity index (χ1v) is 9.23. The molecule has 0 bridgehead atoms. The maximum atomic E-state index is 12.6. The predicted octanol–water partition coefficient (Wildman–Crippen LogP) is 0.395. The lowest BCUT2D eigenvalue weighted by Gasteiger charge is -2.36. The lowest BCUT2D eigenvalue weighted by molar-refractivity contribution is -0.140. The highest BCUT2D eigenvalue weighted by Crippen LogP contribution is 2.20. The number of hydrogen-bond acceptors (Lipinski definition) is 4. The van der Waals surface area contributed by atoms with Crippen LogP contribution in [0.4, 0.5) is 0 Å². The fourth-order valence-electron chi connectivity index (χ4n) is 3.10. The van der Waals surface area contributed by atoms with Gasteiger partial charge in [0, 0.05) is 52.7 Å². The number of rotatable bonds is 5. The number of likely N-dealkylation sites (tertiary alicyclic amines) is 1. The summed E-state index contributed by atoms with van der Waals surface area (Å²) in [4.78, 5) is 34.5. The van der Waals surface area contributed by atoms with E-state index in [0.717, 1.165) is 25.9 Å². The molecule has 8 nitrogen and oxygen atoms in total. The first-order chi connectivity index (χ1) is 12.5. The summed E-state index contributed by atoms with van der Waals surface area (Å²) in [6.07, 6.45) is 3.36. The average molecular weight is 493 g/mol. The Morgan fingerprint density at radius 3 is 2.37 bits per heavy atom. The molecular formula is C18H32IN5O3. The van der Waals surface area contributed by atoms with Crippen molar-refractivity contribution >= 4 is 41.8 Å². The number of morpholine rings is 1. The van der Waals surface area contributed by atoms with Gasteiger partial charge in [-0.2, -0.15) is 0 Å². The number of nitrogens with one attached hydrogen (secondary N) is 1. The van der Waals surface area contributed by atoms with E-state index in [1.807, 2.05) is 4.90 Å². The van der Waals surface area contributed by atoms with Gasteiger partial charge in [-0.25, -0.2) is 4.99 Å². The van der Waals surface area contributed by atoms with Crippen molar-refractivity contribution in [3.8, 4) is 0 Å². The number of ether oxygens (including phenoxy) is 1. The van der Waals surface area contributed by atoms with Crippen molar-refractivity contribution in [2.45, 2.75) is 12.8 Å². The molecule has 2 heterocycles. The van der Waals surface area contributed by atoms with Crippen LogP contribution in [0.15, 0.2) is 17.6 Å². The summed E-state index contributed by atoms with van der Waals surface area (Å²) in [5.74, 6) is 0.972. The summed E-state index contributed by atoms with van der Waals surface area (Å²) < 4.78 is 5.32. The molecule has 0 aliphatic carbocycles. The number of likely N-dealkylation sites (N-methyl/N-ethyl adjacent to an activating group) is 1. The van der Waals surface area contributed by atoms with Crippen molar-refractivity contribution in [1.29, 1.82) is 0 Å². The summed E-state index contributed by atoms with van der Waals surface area (Å²) in [5, 5.41) is 3.22. The highest BCUT2D eigenvalue weighted by atomic mass is 127. The Morgan fingerprint density at radius 1 is 1.19 bits per heavy atom. The van der Waals surface area contributed by atoms with Crippen LogP contribution >= 0.6 is 24.0 Å². The highest BCUT2D eigenvalue weighted by Gasteiger charge is 2.30. The van der Waals surface area contributed by atoms with Gasteiger partial charge in [0.2, 0.25) is 11.8 Å². The van der Waals surface area contributed by atoms with Gasteiger partial charge < -0.3 is 24.8 Å². The first-order valence-electron chi connectivity index (χ1n) is 9.23. The van der Waals surface area contributed by atoms with Crippen molar-refractivity contribution in [3.63, 3.8) is 0 Å². The molecule has 0 atom stereocenters. The fraction of sp³-hybridized carbons (Fsp3) is 0.722. The SMILES string of the molecule is C=CCNC(=NCC(=O)N(C)C)N1CCC(C(=O)N2CCOCC2)CC1.I. The Kier molecular flexibility index (Phi) is 10.7. The number of carbonyl (C=O) groups excluding carboxylic acids is 2. The quantitative estimate of drug-likeness (QED) is 0.260. The molecule has 0 aromatic heterocycles. The smallest absolute Gasteiger partial charge is 0.243 e. The first kappa shape index (κ1) is 23.7. The Bertz CT molecular complexity index is 527. The predicted molar refractivity (Wildman–Crippen MR) is 116 cm³/mol. The second-order valence-electron chi connectivity index (χ2n) is 6.80. The molecule has 2 fully saturated rings. The van der Waals surface area contributed by atoms with Crippen LogP contribution in [0.5, 0.6) is 0 Å². The summed E-state index contributed by atoms with van der Waals surface area (Å²) in [7, 11) is 3.44. The molecule has 0 aromatic rings. The Morgan fingerprint density at radius 2 is 1.81 bits per heavy atom. The molecule has 9 heteroatoms. The third-order valence-corrected chi connectivity index (χ3v) is 4.73. The standard InChI is InChI=1S/C18H31N5O3.HI/c1-4-7-19-18(20-14-16(24)21(2)3)23-8-5-15(6-9-23)17(25)22-10-12-26-13-11-22;/h4,15H,1,5-14H2,2-3H3,(H,19,20);1H. The number of piperidine rings is 1. The number of amides is 2. The van der Waals surface area contributed by atoms with Crippen LogP contribution in [0.25, 0.3) is 0 Å². The van der Waals surface area contributed by atoms with E-state index < -0.39 is 0 Å². The van der Waals surface area contributed by atoms with Crippen LogP contribution in [0, 0.1) is 5.92 Å². The number of aliphatic imine (C=N–C) groups is 1. The maximum Gasteiger partial charge on any atom is 0.243 e. The van der Waals surface area contributed by atoms with E-state index in [1.54, 1.807) is 20.2 Å². The third-order valence-electron chi connectivity index (χ3n) is 4.73. The van der Waals surface area contributed by atoms with Crippen LogP contribution in [-0.2, 0) is 14.3 Å². The summed E-state index contributed by atoms with van der Waals surface area (Å²) >= 11 is 0. The van der Waals surface area contributed by atoms with Crippen molar-refractivity contribution in [2.75, 3.05) is 66.6 Å². The Hall–Kier alpha value is -1.36. The molecule has 27 heavy (non-hydrogen) atoms. The van der Waals surface area contributed by atoms with E-state index in [9.17, 15) is 9.59 Å². The minimum Gasteiger partial charge on any atom is -0.378 e. The van der Waals surface area contributed by atoms with Gasteiger partial charge in [-0.05, 0) is 12.8 Å². The van der Waals surface area contributed by atoms with Crippen LogP contribution in [0.1, 0.15) is 12.8 Å². The second-order valence-corrected chi connectivity index (χ2v) is 6.80. The Labute approximate surface area is 179 Å². The molecule has 154 valence electrons. The zero-order valence-electron chi connectivity index (χ0n) is 16.4.